The van der Waals surface area contributed by atoms with Gasteiger partial charge in [-0.2, -0.15) is 0 Å². The van der Waals surface area contributed by atoms with E-state index in [9.17, 15) is 9.59 Å². The van der Waals surface area contributed by atoms with Crippen LogP contribution in [0, 0.1) is 23.2 Å². The van der Waals surface area contributed by atoms with E-state index in [0.717, 1.165) is 19.3 Å². The highest BCUT2D eigenvalue weighted by molar-refractivity contribution is 5.94. The summed E-state index contributed by atoms with van der Waals surface area (Å²) in [5.41, 5.74) is -0.0275. The summed E-state index contributed by atoms with van der Waals surface area (Å²) in [6.07, 6.45) is 6.88. The smallest absolute Gasteiger partial charge is 0.226 e. The molecule has 1 amide bonds. The standard InChI is InChI=1S/C15H21NO2/c1-9-10-5-7-15-6-3-2-4-11(15)13(10)16(14(9)18)8-12(15)17/h9-11,13H,2-8H2,1H3/t9-,10+,11+,13-,15+/m0/s1. The molecule has 0 aromatic rings. The molecule has 4 rings (SSSR count). The van der Waals surface area contributed by atoms with E-state index in [1.807, 2.05) is 4.90 Å². The predicted molar refractivity (Wildman–Crippen MR) is 66.8 cm³/mol. The Morgan fingerprint density at radius 3 is 2.83 bits per heavy atom. The SMILES string of the molecule is C[C@@H]1C(=O)N2CC(=O)[C@@]34CCCC[C@@H]3[C@@H]2[C@@H]1CC4. The van der Waals surface area contributed by atoms with Gasteiger partial charge in [-0.05, 0) is 37.5 Å². The Kier molecular flexibility index (Phi) is 2.06. The zero-order chi connectivity index (χ0) is 12.5. The van der Waals surface area contributed by atoms with Crippen LogP contribution in [0.2, 0.25) is 0 Å². The minimum Gasteiger partial charge on any atom is -0.332 e. The molecule has 3 heteroatoms. The Morgan fingerprint density at radius 2 is 2.00 bits per heavy atom. The zero-order valence-corrected chi connectivity index (χ0v) is 11.0. The van der Waals surface area contributed by atoms with E-state index in [1.165, 1.54) is 19.3 Å². The number of hydrogen-bond donors (Lipinski definition) is 0. The van der Waals surface area contributed by atoms with Crippen molar-refractivity contribution < 1.29 is 9.59 Å². The van der Waals surface area contributed by atoms with Gasteiger partial charge in [0.1, 0.15) is 0 Å². The molecule has 4 aliphatic rings. The van der Waals surface area contributed by atoms with Crippen molar-refractivity contribution in [2.75, 3.05) is 6.54 Å². The molecule has 0 radical (unpaired) electrons. The van der Waals surface area contributed by atoms with Gasteiger partial charge in [-0.25, -0.2) is 0 Å². The van der Waals surface area contributed by atoms with Crippen molar-refractivity contribution in [3.63, 3.8) is 0 Å². The van der Waals surface area contributed by atoms with Crippen molar-refractivity contribution in [3.05, 3.63) is 0 Å². The molecule has 98 valence electrons. The molecule has 2 bridgehead atoms. The van der Waals surface area contributed by atoms with Crippen LogP contribution in [0.3, 0.4) is 0 Å². The van der Waals surface area contributed by atoms with Gasteiger partial charge < -0.3 is 4.90 Å². The number of ketones is 1. The van der Waals surface area contributed by atoms with Crippen LogP contribution in [0.5, 0.6) is 0 Å². The van der Waals surface area contributed by atoms with Crippen LogP contribution in [0.1, 0.15) is 45.4 Å². The fourth-order valence-electron chi connectivity index (χ4n) is 5.53. The van der Waals surface area contributed by atoms with Crippen LogP contribution in [0.15, 0.2) is 0 Å². The monoisotopic (exact) mass is 247 g/mol. The summed E-state index contributed by atoms with van der Waals surface area (Å²) in [6, 6.07) is 0.402. The second-order valence-corrected chi connectivity index (χ2v) is 6.88. The first-order valence-electron chi connectivity index (χ1n) is 7.49. The van der Waals surface area contributed by atoms with Gasteiger partial charge in [0.25, 0.3) is 0 Å². The van der Waals surface area contributed by atoms with Crippen LogP contribution in [0.25, 0.3) is 0 Å². The fraction of sp³-hybridized carbons (Fsp3) is 0.867. The highest BCUT2D eigenvalue weighted by Gasteiger charge is 2.64. The van der Waals surface area contributed by atoms with Crippen LogP contribution in [-0.4, -0.2) is 29.2 Å². The summed E-state index contributed by atoms with van der Waals surface area (Å²) < 4.78 is 0. The van der Waals surface area contributed by atoms with Gasteiger partial charge in [-0.15, -0.1) is 0 Å². The molecule has 18 heavy (non-hydrogen) atoms. The van der Waals surface area contributed by atoms with Gasteiger partial charge in [0.15, 0.2) is 5.78 Å². The predicted octanol–water partition coefficient (Wildman–Crippen LogP) is 2.00. The summed E-state index contributed by atoms with van der Waals surface area (Å²) in [5, 5.41) is 0. The van der Waals surface area contributed by atoms with Gasteiger partial charge in [-0.3, -0.25) is 9.59 Å². The Labute approximate surface area is 108 Å². The van der Waals surface area contributed by atoms with Crippen molar-refractivity contribution in [1.82, 2.24) is 4.90 Å². The largest absolute Gasteiger partial charge is 0.332 e. The maximum atomic E-state index is 12.6. The first-order valence-corrected chi connectivity index (χ1v) is 7.49. The third kappa shape index (κ3) is 1.07. The maximum absolute atomic E-state index is 12.6. The summed E-state index contributed by atoms with van der Waals surface area (Å²) in [6.45, 7) is 2.49. The normalized spacial score (nSPS) is 50.4. The number of carbonyl (C=O) groups is 2. The quantitative estimate of drug-likeness (QED) is 0.656. The van der Waals surface area contributed by atoms with E-state index in [1.54, 1.807) is 0 Å². The molecule has 2 saturated heterocycles. The van der Waals surface area contributed by atoms with Crippen molar-refractivity contribution in [3.8, 4) is 0 Å². The molecule has 2 aliphatic carbocycles. The molecule has 0 spiro atoms. The highest BCUT2D eigenvalue weighted by atomic mass is 16.2. The summed E-state index contributed by atoms with van der Waals surface area (Å²) in [7, 11) is 0. The molecule has 2 heterocycles. The Hall–Kier alpha value is -0.860. The molecule has 3 nitrogen and oxygen atoms in total. The highest BCUT2D eigenvalue weighted by Crippen LogP contribution is 2.59. The lowest BCUT2D eigenvalue weighted by Gasteiger charge is -2.56. The lowest BCUT2D eigenvalue weighted by molar-refractivity contribution is -0.158. The number of amides is 1. The molecule has 0 N–H and O–H groups in total. The lowest BCUT2D eigenvalue weighted by Crippen LogP contribution is -2.62. The third-order valence-corrected chi connectivity index (χ3v) is 6.42. The van der Waals surface area contributed by atoms with Crippen LogP contribution < -0.4 is 0 Å². The molecule has 0 aromatic carbocycles. The van der Waals surface area contributed by atoms with Crippen LogP contribution >= 0.6 is 0 Å². The average Bonchev–Trinajstić information content (AvgIpc) is 2.65. The molecular weight excluding hydrogens is 226 g/mol. The second-order valence-electron chi connectivity index (χ2n) is 6.88. The van der Waals surface area contributed by atoms with Crippen molar-refractivity contribution in [1.29, 1.82) is 0 Å². The van der Waals surface area contributed by atoms with Crippen LogP contribution in [-0.2, 0) is 9.59 Å². The number of Topliss-reactive ketones (excluding diaryl/α,β-unsaturated/α-hetero) is 1. The average molecular weight is 247 g/mol. The van der Waals surface area contributed by atoms with E-state index in [2.05, 4.69) is 6.92 Å². The Bertz CT molecular complexity index is 432. The van der Waals surface area contributed by atoms with Crippen molar-refractivity contribution in [2.24, 2.45) is 23.2 Å². The maximum Gasteiger partial charge on any atom is 0.226 e. The van der Waals surface area contributed by atoms with Gasteiger partial charge in [0, 0.05) is 17.4 Å². The van der Waals surface area contributed by atoms with E-state index in [4.69, 9.17) is 0 Å². The first kappa shape index (κ1) is 11.0. The topological polar surface area (TPSA) is 37.4 Å². The van der Waals surface area contributed by atoms with Gasteiger partial charge >= 0.3 is 0 Å². The minimum absolute atomic E-state index is 0.0275. The summed E-state index contributed by atoms with van der Waals surface area (Å²) in [4.78, 5) is 26.9. The fourth-order valence-corrected chi connectivity index (χ4v) is 5.53. The van der Waals surface area contributed by atoms with Gasteiger partial charge in [0.2, 0.25) is 5.91 Å². The van der Waals surface area contributed by atoms with Crippen LogP contribution in [0.4, 0.5) is 0 Å². The molecule has 2 aliphatic heterocycles. The van der Waals surface area contributed by atoms with Gasteiger partial charge in [0.05, 0.1) is 6.54 Å². The van der Waals surface area contributed by atoms with Crippen molar-refractivity contribution in [2.45, 2.75) is 51.5 Å². The summed E-state index contributed by atoms with van der Waals surface area (Å²) in [5.74, 6) is 1.80. The van der Waals surface area contributed by atoms with E-state index >= 15 is 0 Å². The first-order chi connectivity index (χ1) is 8.65. The third-order valence-electron chi connectivity index (χ3n) is 6.42. The minimum atomic E-state index is -0.0275. The molecule has 2 saturated carbocycles. The van der Waals surface area contributed by atoms with E-state index in [-0.39, 0.29) is 17.2 Å². The molecule has 4 fully saturated rings. The molecule has 0 aromatic heterocycles. The number of piperidine rings is 1. The number of nitrogens with zero attached hydrogens (tertiary/aromatic N) is 1. The van der Waals surface area contributed by atoms with Gasteiger partial charge in [-0.1, -0.05) is 19.8 Å². The van der Waals surface area contributed by atoms with Crippen molar-refractivity contribution >= 4 is 11.7 Å². The Balaban J connectivity index is 1.82. The second kappa shape index (κ2) is 3.37. The zero-order valence-electron chi connectivity index (χ0n) is 11.0. The summed E-state index contributed by atoms with van der Waals surface area (Å²) >= 11 is 0. The number of carbonyl (C=O) groups excluding carboxylic acids is 2. The molecular formula is C15H21NO2. The number of hydrogen-bond acceptors (Lipinski definition) is 2. The number of rotatable bonds is 0. The molecule has 5 atom stereocenters. The van der Waals surface area contributed by atoms with E-state index in [0.29, 0.717) is 30.2 Å². The molecule has 0 unspecified atom stereocenters. The Morgan fingerprint density at radius 1 is 1.17 bits per heavy atom. The lowest BCUT2D eigenvalue weighted by atomic mass is 9.52. The van der Waals surface area contributed by atoms with E-state index < -0.39 is 0 Å².